The predicted molar refractivity (Wildman–Crippen MR) is 100 cm³/mol. The van der Waals surface area contributed by atoms with Gasteiger partial charge in [0.25, 0.3) is 0 Å². The van der Waals surface area contributed by atoms with Crippen LogP contribution in [0.1, 0.15) is 31.7 Å². The van der Waals surface area contributed by atoms with Gasteiger partial charge in [0.1, 0.15) is 5.75 Å². The van der Waals surface area contributed by atoms with E-state index in [2.05, 4.69) is 10.6 Å². The maximum absolute atomic E-state index is 12.6. The molecule has 1 unspecified atom stereocenters. The Labute approximate surface area is 152 Å². The normalized spacial score (nSPS) is 11.5. The van der Waals surface area contributed by atoms with Crippen molar-refractivity contribution < 1.29 is 14.3 Å². The maximum atomic E-state index is 12.6. The molecule has 2 aromatic carbocycles. The molecule has 2 rings (SSSR count). The van der Waals surface area contributed by atoms with Gasteiger partial charge >= 0.3 is 0 Å². The molecule has 25 heavy (non-hydrogen) atoms. The Kier molecular flexibility index (Phi) is 6.42. The van der Waals surface area contributed by atoms with Gasteiger partial charge in [-0.3, -0.25) is 9.59 Å². The summed E-state index contributed by atoms with van der Waals surface area (Å²) in [5.41, 5.74) is 1.88. The zero-order chi connectivity index (χ0) is 18.4. The molecule has 0 bridgehead atoms. The second-order valence-electron chi connectivity index (χ2n) is 5.58. The van der Waals surface area contributed by atoms with Crippen molar-refractivity contribution in [1.82, 2.24) is 0 Å². The Balaban J connectivity index is 2.22. The van der Waals surface area contributed by atoms with E-state index in [9.17, 15) is 9.59 Å². The lowest BCUT2D eigenvalue weighted by Crippen LogP contribution is -2.20. The number of carbonyl (C=O) groups excluding carboxylic acids is 2. The lowest BCUT2D eigenvalue weighted by atomic mass is 10.0. The molecule has 132 valence electrons. The predicted octanol–water partition coefficient (Wildman–Crippen LogP) is 4.44. The van der Waals surface area contributed by atoms with E-state index in [1.165, 1.54) is 0 Å². The van der Waals surface area contributed by atoms with Crippen LogP contribution in [0, 0.1) is 0 Å². The first-order valence-electron chi connectivity index (χ1n) is 7.98. The highest BCUT2D eigenvalue weighted by atomic mass is 35.5. The van der Waals surface area contributed by atoms with Gasteiger partial charge < -0.3 is 15.4 Å². The highest BCUT2D eigenvalue weighted by Crippen LogP contribution is 2.29. The second-order valence-corrected chi connectivity index (χ2v) is 6.01. The van der Waals surface area contributed by atoms with Gasteiger partial charge in [-0.2, -0.15) is 0 Å². The maximum Gasteiger partial charge on any atom is 0.231 e. The minimum absolute atomic E-state index is 0.133. The molecule has 2 N–H and O–H groups in total. The standard InChI is InChI=1S/C19H21ClN2O3/c1-4-18(23)21-16-10-9-15(25-3)11-17(16)22-19(24)12(2)13-5-7-14(20)8-6-13/h5-12H,4H2,1-3H3,(H,21,23)(H,22,24). The van der Waals surface area contributed by atoms with E-state index in [-0.39, 0.29) is 17.7 Å². The monoisotopic (exact) mass is 360 g/mol. The van der Waals surface area contributed by atoms with E-state index in [1.54, 1.807) is 44.4 Å². The van der Waals surface area contributed by atoms with Crippen molar-refractivity contribution in [3.63, 3.8) is 0 Å². The molecule has 0 saturated heterocycles. The van der Waals surface area contributed by atoms with E-state index >= 15 is 0 Å². The molecule has 1 atom stereocenters. The van der Waals surface area contributed by atoms with Gasteiger partial charge in [0.2, 0.25) is 11.8 Å². The van der Waals surface area contributed by atoms with Crippen LogP contribution >= 0.6 is 11.6 Å². The number of rotatable bonds is 6. The second kappa shape index (κ2) is 8.53. The van der Waals surface area contributed by atoms with Crippen LogP contribution in [0.2, 0.25) is 5.02 Å². The summed E-state index contributed by atoms with van der Waals surface area (Å²) in [6.45, 7) is 3.57. The summed E-state index contributed by atoms with van der Waals surface area (Å²) in [6.07, 6.45) is 0.348. The molecule has 6 heteroatoms. The van der Waals surface area contributed by atoms with E-state index in [4.69, 9.17) is 16.3 Å². The smallest absolute Gasteiger partial charge is 0.231 e. The fourth-order valence-corrected chi connectivity index (χ4v) is 2.37. The number of anilines is 2. The van der Waals surface area contributed by atoms with E-state index in [1.807, 2.05) is 19.1 Å². The number of hydrogen-bond acceptors (Lipinski definition) is 3. The Morgan fingerprint density at radius 3 is 2.36 bits per heavy atom. The fraction of sp³-hybridized carbons (Fsp3) is 0.263. The summed E-state index contributed by atoms with van der Waals surface area (Å²) < 4.78 is 5.20. The van der Waals surface area contributed by atoms with Gasteiger partial charge in [0.05, 0.1) is 24.4 Å². The number of benzene rings is 2. The lowest BCUT2D eigenvalue weighted by Gasteiger charge is -2.16. The number of ether oxygens (including phenoxy) is 1. The molecule has 0 heterocycles. The molecular weight excluding hydrogens is 340 g/mol. The summed E-state index contributed by atoms with van der Waals surface area (Å²) in [4.78, 5) is 24.3. The van der Waals surface area contributed by atoms with Crippen LogP contribution in [0.15, 0.2) is 42.5 Å². The van der Waals surface area contributed by atoms with Crippen LogP contribution < -0.4 is 15.4 Å². The van der Waals surface area contributed by atoms with Crippen molar-refractivity contribution in [2.24, 2.45) is 0 Å². The Bertz CT molecular complexity index is 760. The third kappa shape index (κ3) is 4.97. The summed E-state index contributed by atoms with van der Waals surface area (Å²) in [5, 5.41) is 6.26. The largest absolute Gasteiger partial charge is 0.497 e. The van der Waals surface area contributed by atoms with Gasteiger partial charge in [-0.05, 0) is 36.8 Å². The Morgan fingerprint density at radius 1 is 1.08 bits per heavy atom. The van der Waals surface area contributed by atoms with E-state index < -0.39 is 0 Å². The molecule has 0 aliphatic heterocycles. The molecule has 0 aliphatic rings. The molecule has 0 spiro atoms. The molecule has 0 fully saturated rings. The number of nitrogens with one attached hydrogen (secondary N) is 2. The van der Waals surface area contributed by atoms with Crippen LogP contribution in [-0.2, 0) is 9.59 Å². The van der Waals surface area contributed by atoms with Crippen LogP contribution in [0.25, 0.3) is 0 Å². The summed E-state index contributed by atoms with van der Waals surface area (Å²) in [7, 11) is 1.54. The third-order valence-corrected chi connectivity index (χ3v) is 4.10. The zero-order valence-corrected chi connectivity index (χ0v) is 15.2. The van der Waals surface area contributed by atoms with Crippen molar-refractivity contribution in [2.45, 2.75) is 26.2 Å². The first kappa shape index (κ1) is 18.8. The van der Waals surface area contributed by atoms with Gasteiger partial charge in [-0.15, -0.1) is 0 Å². The Morgan fingerprint density at radius 2 is 1.76 bits per heavy atom. The quantitative estimate of drug-likeness (QED) is 0.800. The van der Waals surface area contributed by atoms with Crippen LogP contribution in [0.3, 0.4) is 0 Å². The van der Waals surface area contributed by atoms with Gasteiger partial charge in [0.15, 0.2) is 0 Å². The van der Waals surface area contributed by atoms with Crippen molar-refractivity contribution >= 4 is 34.8 Å². The van der Waals surface area contributed by atoms with Crippen molar-refractivity contribution in [3.8, 4) is 5.75 Å². The minimum atomic E-state index is -0.377. The number of amides is 2. The molecule has 0 radical (unpaired) electrons. The third-order valence-electron chi connectivity index (χ3n) is 3.84. The number of halogens is 1. The van der Waals surface area contributed by atoms with Gasteiger partial charge in [-0.25, -0.2) is 0 Å². The molecule has 2 aromatic rings. The zero-order valence-electron chi connectivity index (χ0n) is 14.4. The molecule has 0 aliphatic carbocycles. The van der Waals surface area contributed by atoms with Crippen molar-refractivity contribution in [2.75, 3.05) is 17.7 Å². The number of carbonyl (C=O) groups is 2. The highest BCUT2D eigenvalue weighted by Gasteiger charge is 2.17. The minimum Gasteiger partial charge on any atom is -0.497 e. The van der Waals surface area contributed by atoms with Crippen LogP contribution in [0.5, 0.6) is 5.75 Å². The highest BCUT2D eigenvalue weighted by molar-refractivity contribution is 6.30. The summed E-state index contributed by atoms with van der Waals surface area (Å²) in [5.74, 6) is -0.115. The van der Waals surface area contributed by atoms with Crippen molar-refractivity contribution in [3.05, 3.63) is 53.1 Å². The number of hydrogen-bond donors (Lipinski definition) is 2. The van der Waals surface area contributed by atoms with E-state index in [0.29, 0.717) is 28.6 Å². The van der Waals surface area contributed by atoms with Gasteiger partial charge in [0, 0.05) is 17.5 Å². The average Bonchev–Trinajstić information content (AvgIpc) is 2.62. The average molecular weight is 361 g/mol. The lowest BCUT2D eigenvalue weighted by molar-refractivity contribution is -0.117. The van der Waals surface area contributed by atoms with E-state index in [0.717, 1.165) is 5.56 Å². The Hall–Kier alpha value is -2.53. The molecular formula is C19H21ClN2O3. The van der Waals surface area contributed by atoms with Crippen LogP contribution in [0.4, 0.5) is 11.4 Å². The molecule has 0 aromatic heterocycles. The fourth-order valence-electron chi connectivity index (χ4n) is 2.25. The molecule has 2 amide bonds. The first-order valence-corrected chi connectivity index (χ1v) is 8.36. The molecule has 0 saturated carbocycles. The summed E-state index contributed by atoms with van der Waals surface area (Å²) >= 11 is 5.89. The summed E-state index contributed by atoms with van der Waals surface area (Å²) in [6, 6.07) is 12.2. The first-order chi connectivity index (χ1) is 11.9. The van der Waals surface area contributed by atoms with Crippen LogP contribution in [-0.4, -0.2) is 18.9 Å². The number of methoxy groups -OCH3 is 1. The topological polar surface area (TPSA) is 67.4 Å². The SMILES string of the molecule is CCC(=O)Nc1ccc(OC)cc1NC(=O)C(C)c1ccc(Cl)cc1. The molecule has 5 nitrogen and oxygen atoms in total. The van der Waals surface area contributed by atoms with Gasteiger partial charge in [-0.1, -0.05) is 30.7 Å². The van der Waals surface area contributed by atoms with Crippen molar-refractivity contribution in [1.29, 1.82) is 0 Å².